The summed E-state index contributed by atoms with van der Waals surface area (Å²) in [7, 11) is 1.72. The van der Waals surface area contributed by atoms with Crippen LogP contribution < -0.4 is 5.73 Å². The molecule has 104 valence electrons. The lowest BCUT2D eigenvalue weighted by Crippen LogP contribution is -2.44. The van der Waals surface area contributed by atoms with Crippen LogP contribution in [0.4, 0.5) is 0 Å². The van der Waals surface area contributed by atoms with Gasteiger partial charge in [-0.2, -0.15) is 0 Å². The molecular weight excluding hydrogens is 268 g/mol. The van der Waals surface area contributed by atoms with Gasteiger partial charge in [-0.05, 0) is 23.3 Å². The second-order valence-corrected chi connectivity index (χ2v) is 5.40. The van der Waals surface area contributed by atoms with Gasteiger partial charge >= 0.3 is 0 Å². The number of carbonyl (C=O) groups excluding carboxylic acids is 2. The molecule has 0 saturated carbocycles. The summed E-state index contributed by atoms with van der Waals surface area (Å²) in [4.78, 5) is 24.9. The van der Waals surface area contributed by atoms with Crippen molar-refractivity contribution in [3.8, 4) is 0 Å². The van der Waals surface area contributed by atoms with Crippen molar-refractivity contribution in [2.75, 3.05) is 18.8 Å². The Hall–Kier alpha value is -1.64. The van der Waals surface area contributed by atoms with Gasteiger partial charge in [0.05, 0.1) is 11.7 Å². The average Bonchev–Trinajstić information content (AvgIpc) is 2.81. The largest absolute Gasteiger partial charge is 0.369 e. The molecule has 0 radical (unpaired) electrons. The number of aromatic nitrogens is 4. The molecule has 1 aliphatic heterocycles. The minimum Gasteiger partial charge on any atom is -0.369 e. The van der Waals surface area contributed by atoms with Gasteiger partial charge in [-0.1, -0.05) is 11.8 Å². The number of piperidine rings is 1. The van der Waals surface area contributed by atoms with Gasteiger partial charge in [0, 0.05) is 20.1 Å². The summed E-state index contributed by atoms with van der Waals surface area (Å²) in [6, 6.07) is 0. The number of hydrogen-bond donors (Lipinski definition) is 1. The molecule has 2 rings (SSSR count). The number of amides is 2. The predicted molar refractivity (Wildman–Crippen MR) is 68.0 cm³/mol. The molecule has 2 heterocycles. The molecule has 2 amide bonds. The van der Waals surface area contributed by atoms with E-state index in [4.69, 9.17) is 5.73 Å². The Morgan fingerprint density at radius 3 is 2.95 bits per heavy atom. The van der Waals surface area contributed by atoms with E-state index in [2.05, 4.69) is 15.5 Å². The first kappa shape index (κ1) is 13.8. The van der Waals surface area contributed by atoms with E-state index in [0.29, 0.717) is 18.2 Å². The third-order valence-corrected chi connectivity index (χ3v) is 4.08. The van der Waals surface area contributed by atoms with Gasteiger partial charge in [0.25, 0.3) is 0 Å². The first-order valence-electron chi connectivity index (χ1n) is 6.00. The first-order valence-corrected chi connectivity index (χ1v) is 6.98. The van der Waals surface area contributed by atoms with Gasteiger partial charge in [-0.15, -0.1) is 5.10 Å². The third-order valence-electron chi connectivity index (χ3n) is 3.08. The Kier molecular flexibility index (Phi) is 4.35. The number of likely N-dealkylation sites (tertiary alicyclic amines) is 1. The van der Waals surface area contributed by atoms with Gasteiger partial charge in [0.15, 0.2) is 0 Å². The number of primary amides is 1. The van der Waals surface area contributed by atoms with Crippen LogP contribution >= 0.6 is 11.8 Å². The Bertz CT molecular complexity index is 476. The molecule has 0 aliphatic carbocycles. The van der Waals surface area contributed by atoms with E-state index in [0.717, 1.165) is 12.8 Å². The number of carbonyl (C=O) groups is 2. The molecule has 0 spiro atoms. The summed E-state index contributed by atoms with van der Waals surface area (Å²) in [5, 5.41) is 11.6. The number of hydrogen-bond acceptors (Lipinski definition) is 6. The highest BCUT2D eigenvalue weighted by Gasteiger charge is 2.27. The van der Waals surface area contributed by atoms with Gasteiger partial charge in [0.2, 0.25) is 17.0 Å². The zero-order valence-electron chi connectivity index (χ0n) is 10.7. The Balaban J connectivity index is 1.86. The van der Waals surface area contributed by atoms with Crippen LogP contribution in [0.3, 0.4) is 0 Å². The van der Waals surface area contributed by atoms with Gasteiger partial charge in [-0.25, -0.2) is 4.68 Å². The molecule has 0 bridgehead atoms. The van der Waals surface area contributed by atoms with Crippen molar-refractivity contribution >= 4 is 23.6 Å². The lowest BCUT2D eigenvalue weighted by Gasteiger charge is -2.31. The van der Waals surface area contributed by atoms with E-state index < -0.39 is 0 Å². The van der Waals surface area contributed by atoms with Crippen LogP contribution in [0.25, 0.3) is 0 Å². The number of tetrazole rings is 1. The summed E-state index contributed by atoms with van der Waals surface area (Å²) in [6.45, 7) is 1.10. The minimum atomic E-state index is -0.331. The summed E-state index contributed by atoms with van der Waals surface area (Å²) < 4.78 is 1.51. The topological polar surface area (TPSA) is 107 Å². The normalized spacial score (nSPS) is 19.4. The molecule has 1 aromatic rings. The second kappa shape index (κ2) is 6.00. The highest BCUT2D eigenvalue weighted by molar-refractivity contribution is 7.99. The van der Waals surface area contributed by atoms with E-state index in [1.165, 1.54) is 16.4 Å². The van der Waals surface area contributed by atoms with Crippen molar-refractivity contribution in [3.05, 3.63) is 0 Å². The molecule has 2 N–H and O–H groups in total. The van der Waals surface area contributed by atoms with E-state index >= 15 is 0 Å². The summed E-state index contributed by atoms with van der Waals surface area (Å²) >= 11 is 1.28. The van der Waals surface area contributed by atoms with Crippen LogP contribution in [0.5, 0.6) is 0 Å². The molecule has 1 aromatic heterocycles. The fourth-order valence-electron chi connectivity index (χ4n) is 2.00. The molecular formula is C10H16N6O2S. The highest BCUT2D eigenvalue weighted by Crippen LogP contribution is 2.19. The average molecular weight is 284 g/mol. The molecule has 1 aliphatic rings. The van der Waals surface area contributed by atoms with Crippen LogP contribution in [-0.2, 0) is 16.6 Å². The third kappa shape index (κ3) is 3.43. The van der Waals surface area contributed by atoms with Crippen molar-refractivity contribution in [2.24, 2.45) is 18.7 Å². The number of rotatable bonds is 4. The number of aryl methyl sites for hydroxylation is 1. The van der Waals surface area contributed by atoms with Crippen molar-refractivity contribution in [3.63, 3.8) is 0 Å². The lowest BCUT2D eigenvalue weighted by atomic mass is 9.97. The maximum Gasteiger partial charge on any atom is 0.233 e. The van der Waals surface area contributed by atoms with Gasteiger partial charge < -0.3 is 10.6 Å². The van der Waals surface area contributed by atoms with E-state index in [-0.39, 0.29) is 23.5 Å². The second-order valence-electron chi connectivity index (χ2n) is 4.46. The fourth-order valence-corrected chi connectivity index (χ4v) is 2.75. The Labute approximate surface area is 114 Å². The van der Waals surface area contributed by atoms with Crippen molar-refractivity contribution < 1.29 is 9.59 Å². The molecule has 19 heavy (non-hydrogen) atoms. The van der Waals surface area contributed by atoms with Crippen LogP contribution in [0.15, 0.2) is 5.16 Å². The van der Waals surface area contributed by atoms with Gasteiger partial charge in [0.1, 0.15) is 0 Å². The van der Waals surface area contributed by atoms with Crippen molar-refractivity contribution in [1.82, 2.24) is 25.1 Å². The summed E-state index contributed by atoms with van der Waals surface area (Å²) in [6.07, 6.45) is 1.58. The van der Waals surface area contributed by atoms with E-state index in [1.807, 2.05) is 0 Å². The molecule has 9 heteroatoms. The van der Waals surface area contributed by atoms with E-state index in [1.54, 1.807) is 11.9 Å². The monoisotopic (exact) mass is 284 g/mol. The quantitative estimate of drug-likeness (QED) is 0.713. The van der Waals surface area contributed by atoms with Crippen molar-refractivity contribution in [2.45, 2.75) is 18.0 Å². The van der Waals surface area contributed by atoms with Crippen LogP contribution in [-0.4, -0.2) is 55.8 Å². The van der Waals surface area contributed by atoms with E-state index in [9.17, 15) is 9.59 Å². The highest BCUT2D eigenvalue weighted by atomic mass is 32.2. The van der Waals surface area contributed by atoms with Crippen molar-refractivity contribution in [1.29, 1.82) is 0 Å². The fraction of sp³-hybridized carbons (Fsp3) is 0.700. The molecule has 1 atom stereocenters. The first-order chi connectivity index (χ1) is 9.08. The zero-order valence-corrected chi connectivity index (χ0v) is 11.5. The number of nitrogens with two attached hydrogens (primary N) is 1. The molecule has 8 nitrogen and oxygen atoms in total. The maximum atomic E-state index is 12.0. The summed E-state index contributed by atoms with van der Waals surface area (Å²) in [5.74, 6) is -0.305. The smallest absolute Gasteiger partial charge is 0.233 e. The SMILES string of the molecule is Cn1nnnc1SCC(=O)N1CCC[C@@H](C(N)=O)C1. The van der Waals surface area contributed by atoms with Crippen LogP contribution in [0, 0.1) is 5.92 Å². The molecule has 1 fully saturated rings. The Morgan fingerprint density at radius 2 is 2.32 bits per heavy atom. The zero-order chi connectivity index (χ0) is 13.8. The molecule has 0 unspecified atom stereocenters. The number of thioether (sulfide) groups is 1. The van der Waals surface area contributed by atoms with Gasteiger partial charge in [-0.3, -0.25) is 9.59 Å². The standard InChI is InChI=1S/C10H16N6O2S/c1-15-10(12-13-14-15)19-6-8(17)16-4-2-3-7(5-16)9(11)18/h7H,2-6H2,1H3,(H2,11,18)/t7-/m1/s1. The predicted octanol–water partition coefficient (Wildman–Crippen LogP) is -0.974. The Morgan fingerprint density at radius 1 is 1.53 bits per heavy atom. The minimum absolute atomic E-state index is 0.0149. The lowest BCUT2D eigenvalue weighted by molar-refractivity contribution is -0.132. The van der Waals surface area contributed by atoms with Crippen LogP contribution in [0.1, 0.15) is 12.8 Å². The summed E-state index contributed by atoms with van der Waals surface area (Å²) in [5.41, 5.74) is 5.29. The molecule has 0 aromatic carbocycles. The maximum absolute atomic E-state index is 12.0. The van der Waals surface area contributed by atoms with Crippen LogP contribution in [0.2, 0.25) is 0 Å². The molecule has 1 saturated heterocycles. The number of nitrogens with zero attached hydrogens (tertiary/aromatic N) is 5.